The number of hydrogen-bond donors (Lipinski definition) is 1. The van der Waals surface area contributed by atoms with Crippen molar-refractivity contribution in [3.8, 4) is 0 Å². The molecule has 0 radical (unpaired) electrons. The van der Waals surface area contributed by atoms with E-state index in [0.29, 0.717) is 26.2 Å². The van der Waals surface area contributed by atoms with Crippen molar-refractivity contribution in [3.63, 3.8) is 0 Å². The molecule has 2 rings (SSSR count). The van der Waals surface area contributed by atoms with E-state index in [0.717, 1.165) is 4.31 Å². The second-order valence-corrected chi connectivity index (χ2v) is 10.0. The number of piperazine rings is 1. The third-order valence-corrected chi connectivity index (χ3v) is 8.10. The summed E-state index contributed by atoms with van der Waals surface area (Å²) in [6.45, 7) is 2.28. The Morgan fingerprint density at radius 1 is 1.33 bits per heavy atom. The quantitative estimate of drug-likeness (QED) is 0.627. The number of rotatable bonds is 4. The van der Waals surface area contributed by atoms with Crippen LogP contribution < -0.4 is 5.32 Å². The van der Waals surface area contributed by atoms with Crippen molar-refractivity contribution < 1.29 is 21.6 Å². The summed E-state index contributed by atoms with van der Waals surface area (Å²) in [7, 11) is -5.69. The van der Waals surface area contributed by atoms with Crippen LogP contribution in [0.15, 0.2) is 0 Å². The number of likely N-dealkylation sites (N-methyl/N-ethyl adjacent to an activating group) is 1. The summed E-state index contributed by atoms with van der Waals surface area (Å²) in [5.74, 6) is -0.693. The summed E-state index contributed by atoms with van der Waals surface area (Å²) in [4.78, 5) is 13.7. The van der Waals surface area contributed by atoms with Gasteiger partial charge < -0.3 is 10.2 Å². The number of sulfone groups is 1. The minimum atomic E-state index is -3.75. The van der Waals surface area contributed by atoms with Gasteiger partial charge in [0.15, 0.2) is 9.84 Å². The molecular formula is C11H21N3O5S2. The lowest BCUT2D eigenvalue weighted by molar-refractivity contribution is -0.131. The van der Waals surface area contributed by atoms with Gasteiger partial charge in [-0.3, -0.25) is 4.79 Å². The molecule has 122 valence electrons. The third kappa shape index (κ3) is 3.93. The Kier molecular flexibility index (Phi) is 4.91. The van der Waals surface area contributed by atoms with Gasteiger partial charge in [0, 0.05) is 33.2 Å². The zero-order chi connectivity index (χ0) is 15.7. The van der Waals surface area contributed by atoms with Crippen molar-refractivity contribution in [1.29, 1.82) is 0 Å². The molecule has 0 aliphatic carbocycles. The average molecular weight is 339 g/mol. The Morgan fingerprint density at radius 3 is 2.48 bits per heavy atom. The van der Waals surface area contributed by atoms with Crippen molar-refractivity contribution in [2.24, 2.45) is 0 Å². The van der Waals surface area contributed by atoms with Gasteiger partial charge in [-0.05, 0) is 6.42 Å². The Bertz CT molecular complexity index is 595. The predicted molar refractivity (Wildman–Crippen MR) is 78.1 cm³/mol. The molecule has 0 aromatic carbocycles. The summed E-state index contributed by atoms with van der Waals surface area (Å²) in [6, 6.07) is 0. The van der Waals surface area contributed by atoms with E-state index in [4.69, 9.17) is 0 Å². The molecule has 0 saturated carbocycles. The van der Waals surface area contributed by atoms with Crippen LogP contribution in [-0.2, 0) is 24.7 Å². The van der Waals surface area contributed by atoms with Gasteiger partial charge >= 0.3 is 0 Å². The number of nitrogens with zero attached hydrogens (tertiary/aromatic N) is 2. The van der Waals surface area contributed by atoms with Gasteiger partial charge in [-0.2, -0.15) is 4.31 Å². The maximum atomic E-state index is 12.3. The van der Waals surface area contributed by atoms with Crippen LogP contribution in [0.1, 0.15) is 6.42 Å². The van der Waals surface area contributed by atoms with Gasteiger partial charge in [-0.1, -0.05) is 0 Å². The summed E-state index contributed by atoms with van der Waals surface area (Å²) in [6.07, 6.45) is 0.108. The highest BCUT2D eigenvalue weighted by molar-refractivity contribution is 7.95. The van der Waals surface area contributed by atoms with Gasteiger partial charge in [0.25, 0.3) is 0 Å². The van der Waals surface area contributed by atoms with Gasteiger partial charge in [-0.15, -0.1) is 0 Å². The van der Waals surface area contributed by atoms with Gasteiger partial charge in [0.2, 0.25) is 15.9 Å². The first-order chi connectivity index (χ1) is 9.72. The first-order valence-corrected chi connectivity index (χ1v) is 10.2. The Morgan fingerprint density at radius 2 is 1.95 bits per heavy atom. The first-order valence-electron chi connectivity index (χ1n) is 6.86. The minimum Gasteiger partial charge on any atom is -0.339 e. The van der Waals surface area contributed by atoms with Crippen LogP contribution in [0.25, 0.3) is 0 Å². The number of carbonyl (C=O) groups is 1. The molecule has 0 spiro atoms. The minimum absolute atomic E-state index is 0.101. The largest absolute Gasteiger partial charge is 0.339 e. The van der Waals surface area contributed by atoms with Crippen LogP contribution in [-0.4, -0.2) is 88.5 Å². The average Bonchev–Trinajstić information content (AvgIpc) is 2.80. The van der Waals surface area contributed by atoms with Crippen LogP contribution in [0.2, 0.25) is 0 Å². The zero-order valence-corrected chi connectivity index (χ0v) is 13.6. The molecule has 2 heterocycles. The number of hydrogen-bond acceptors (Lipinski definition) is 6. The Labute approximate surface area is 125 Å². The van der Waals surface area contributed by atoms with E-state index in [-0.39, 0.29) is 30.4 Å². The standard InChI is InChI=1S/C11H21N3O5S2/c1-13(8-11(15)14-5-3-12-4-6-14)21(18,19)10-2-7-20(16,17)9-10/h10,12H,2-9H2,1H3. The maximum absolute atomic E-state index is 12.3. The van der Waals surface area contributed by atoms with Gasteiger partial charge in [-0.25, -0.2) is 16.8 Å². The van der Waals surface area contributed by atoms with Crippen molar-refractivity contribution in [2.45, 2.75) is 11.7 Å². The predicted octanol–water partition coefficient (Wildman–Crippen LogP) is -2.13. The van der Waals surface area contributed by atoms with Crippen LogP contribution in [0.4, 0.5) is 0 Å². The Balaban J connectivity index is 1.98. The second kappa shape index (κ2) is 6.19. The molecule has 2 saturated heterocycles. The highest BCUT2D eigenvalue weighted by Gasteiger charge is 2.40. The first kappa shape index (κ1) is 16.7. The van der Waals surface area contributed by atoms with E-state index in [2.05, 4.69) is 5.32 Å². The molecular weight excluding hydrogens is 318 g/mol. The molecule has 1 unspecified atom stereocenters. The Hall–Kier alpha value is -0.710. The molecule has 0 aromatic rings. The third-order valence-electron chi connectivity index (χ3n) is 3.87. The van der Waals surface area contributed by atoms with Gasteiger partial charge in [0.05, 0.1) is 23.3 Å². The molecule has 1 atom stereocenters. The lowest BCUT2D eigenvalue weighted by Gasteiger charge is -2.29. The monoisotopic (exact) mass is 339 g/mol. The van der Waals surface area contributed by atoms with Crippen molar-refractivity contribution in [3.05, 3.63) is 0 Å². The molecule has 21 heavy (non-hydrogen) atoms. The molecule has 10 heteroatoms. The summed E-state index contributed by atoms with van der Waals surface area (Å²) in [5, 5.41) is 2.19. The van der Waals surface area contributed by atoms with E-state index in [1.165, 1.54) is 7.05 Å². The number of sulfonamides is 1. The number of amides is 1. The molecule has 2 fully saturated rings. The van der Waals surface area contributed by atoms with E-state index >= 15 is 0 Å². The van der Waals surface area contributed by atoms with Crippen molar-refractivity contribution >= 4 is 25.8 Å². The van der Waals surface area contributed by atoms with Crippen LogP contribution in [0.5, 0.6) is 0 Å². The number of nitrogens with one attached hydrogen (secondary N) is 1. The fourth-order valence-electron chi connectivity index (χ4n) is 2.54. The molecule has 8 nitrogen and oxygen atoms in total. The fourth-order valence-corrected chi connectivity index (χ4v) is 6.76. The molecule has 2 aliphatic rings. The van der Waals surface area contributed by atoms with Crippen LogP contribution in [0.3, 0.4) is 0 Å². The maximum Gasteiger partial charge on any atom is 0.237 e. The summed E-state index contributed by atoms with van der Waals surface area (Å²) in [5.41, 5.74) is 0. The second-order valence-electron chi connectivity index (χ2n) is 5.46. The normalized spacial score (nSPS) is 26.2. The highest BCUT2D eigenvalue weighted by atomic mass is 32.2. The highest BCUT2D eigenvalue weighted by Crippen LogP contribution is 2.21. The summed E-state index contributed by atoms with van der Waals surface area (Å²) < 4.78 is 48.5. The van der Waals surface area contributed by atoms with Crippen molar-refractivity contribution in [1.82, 2.24) is 14.5 Å². The zero-order valence-electron chi connectivity index (χ0n) is 12.0. The number of carbonyl (C=O) groups excluding carboxylic acids is 1. The molecule has 0 bridgehead atoms. The van der Waals surface area contributed by atoms with E-state index in [9.17, 15) is 21.6 Å². The lowest BCUT2D eigenvalue weighted by Crippen LogP contribution is -2.50. The SMILES string of the molecule is CN(CC(=O)N1CCNCC1)S(=O)(=O)C1CCS(=O)(=O)C1. The summed E-state index contributed by atoms with van der Waals surface area (Å²) >= 11 is 0. The van der Waals surface area contributed by atoms with Crippen LogP contribution >= 0.6 is 0 Å². The molecule has 2 aliphatic heterocycles. The molecule has 0 aromatic heterocycles. The molecule has 1 amide bonds. The van der Waals surface area contributed by atoms with Gasteiger partial charge in [0.1, 0.15) is 0 Å². The topological polar surface area (TPSA) is 104 Å². The van der Waals surface area contributed by atoms with E-state index in [1.807, 2.05) is 0 Å². The smallest absolute Gasteiger partial charge is 0.237 e. The van der Waals surface area contributed by atoms with Crippen LogP contribution in [0, 0.1) is 0 Å². The van der Waals surface area contributed by atoms with E-state index in [1.54, 1.807) is 4.90 Å². The molecule has 1 N–H and O–H groups in total. The van der Waals surface area contributed by atoms with Crippen molar-refractivity contribution in [2.75, 3.05) is 51.3 Å². The lowest BCUT2D eigenvalue weighted by atomic mass is 10.3. The van der Waals surface area contributed by atoms with E-state index < -0.39 is 25.1 Å². The fraction of sp³-hybridized carbons (Fsp3) is 0.909.